The Labute approximate surface area is 203 Å². The molecule has 0 aliphatic carbocycles. The van der Waals surface area contributed by atoms with Crippen molar-refractivity contribution in [2.45, 2.75) is 25.8 Å². The van der Waals surface area contributed by atoms with Crippen LogP contribution in [0.2, 0.25) is 0 Å². The standard InChI is InChI=1S/C27H29FN6O/c1-3-16-12-19(35)4-5-20(16)21-6-7-22-25(24(21)28)31-32-26(22)27-29-13-23(30-27)17-8-10-34(11-9-17)18-14-33(2)15-18/h4-8,12-13,18,35H,3,9-11,14-15H2,1-2H3,(H,29,30)(H,31,32). The van der Waals surface area contributed by atoms with Gasteiger partial charge in [0.25, 0.3) is 0 Å². The highest BCUT2D eigenvalue weighted by Gasteiger charge is 2.30. The van der Waals surface area contributed by atoms with Gasteiger partial charge in [0.1, 0.15) is 17.0 Å². The quantitative estimate of drug-likeness (QED) is 0.400. The molecule has 0 bridgehead atoms. The third kappa shape index (κ3) is 3.83. The first-order valence-electron chi connectivity index (χ1n) is 12.2. The van der Waals surface area contributed by atoms with Gasteiger partial charge in [-0.15, -0.1) is 0 Å². The highest BCUT2D eigenvalue weighted by molar-refractivity contribution is 5.94. The fraction of sp³-hybridized carbons (Fsp3) is 0.333. The molecule has 3 N–H and O–H groups in total. The Morgan fingerprint density at radius 3 is 2.74 bits per heavy atom. The Morgan fingerprint density at radius 1 is 1.17 bits per heavy atom. The van der Waals surface area contributed by atoms with Gasteiger partial charge in [0.2, 0.25) is 0 Å². The Kier molecular flexibility index (Phi) is 5.42. The molecule has 2 aromatic carbocycles. The average molecular weight is 473 g/mol. The first-order chi connectivity index (χ1) is 17.0. The zero-order valence-corrected chi connectivity index (χ0v) is 20.0. The van der Waals surface area contributed by atoms with Crippen molar-refractivity contribution in [2.75, 3.05) is 33.2 Å². The minimum atomic E-state index is -0.356. The molecular formula is C27H29FN6O. The Bertz CT molecular complexity index is 1430. The lowest BCUT2D eigenvalue weighted by molar-refractivity contribution is 0.0599. The first kappa shape index (κ1) is 22.0. The number of fused-ring (bicyclic) bond motifs is 1. The summed E-state index contributed by atoms with van der Waals surface area (Å²) in [4.78, 5) is 12.9. The molecule has 2 aliphatic rings. The van der Waals surface area contributed by atoms with Crippen molar-refractivity contribution < 1.29 is 9.50 Å². The minimum absolute atomic E-state index is 0.181. The molecule has 0 amide bonds. The number of phenols is 1. The molecule has 2 aliphatic heterocycles. The van der Waals surface area contributed by atoms with Gasteiger partial charge in [-0.2, -0.15) is 5.10 Å². The summed E-state index contributed by atoms with van der Waals surface area (Å²) < 4.78 is 15.6. The van der Waals surface area contributed by atoms with Gasteiger partial charge < -0.3 is 15.0 Å². The first-order valence-corrected chi connectivity index (χ1v) is 12.2. The number of rotatable bonds is 5. The lowest BCUT2D eigenvalue weighted by atomic mass is 9.96. The van der Waals surface area contributed by atoms with Crippen LogP contribution in [0.1, 0.15) is 24.6 Å². The van der Waals surface area contributed by atoms with Crippen molar-refractivity contribution >= 4 is 16.5 Å². The van der Waals surface area contributed by atoms with Gasteiger partial charge in [-0.1, -0.05) is 25.1 Å². The third-order valence-electron chi connectivity index (χ3n) is 7.37. The van der Waals surface area contributed by atoms with Crippen LogP contribution in [0.15, 0.2) is 42.6 Å². The summed E-state index contributed by atoms with van der Waals surface area (Å²) in [6.07, 6.45) is 5.86. The van der Waals surface area contributed by atoms with Crippen LogP contribution in [-0.2, 0) is 6.42 Å². The molecule has 0 atom stereocenters. The molecule has 35 heavy (non-hydrogen) atoms. The van der Waals surface area contributed by atoms with Crippen LogP contribution < -0.4 is 0 Å². The maximum Gasteiger partial charge on any atom is 0.159 e. The van der Waals surface area contributed by atoms with Crippen LogP contribution in [0.3, 0.4) is 0 Å². The molecule has 1 saturated heterocycles. The number of likely N-dealkylation sites (tertiary alicyclic amines) is 1. The van der Waals surface area contributed by atoms with E-state index in [2.05, 4.69) is 38.1 Å². The smallest absolute Gasteiger partial charge is 0.159 e. The van der Waals surface area contributed by atoms with Gasteiger partial charge in [0.15, 0.2) is 11.6 Å². The second-order valence-electron chi connectivity index (χ2n) is 9.60. The molecule has 8 heteroatoms. The molecule has 0 saturated carbocycles. The number of benzene rings is 2. The number of H-pyrrole nitrogens is 2. The van der Waals surface area contributed by atoms with E-state index in [1.165, 1.54) is 5.57 Å². The Morgan fingerprint density at radius 2 is 2.00 bits per heavy atom. The zero-order valence-electron chi connectivity index (χ0n) is 20.0. The second-order valence-corrected chi connectivity index (χ2v) is 9.60. The van der Waals surface area contributed by atoms with Gasteiger partial charge in [0, 0.05) is 49.4 Å². The van der Waals surface area contributed by atoms with E-state index in [0.29, 0.717) is 40.4 Å². The maximum atomic E-state index is 15.6. The molecule has 0 spiro atoms. The molecule has 6 rings (SSSR count). The number of aromatic amines is 2. The van der Waals surface area contributed by atoms with E-state index in [-0.39, 0.29) is 11.6 Å². The van der Waals surface area contributed by atoms with Crippen LogP contribution >= 0.6 is 0 Å². The summed E-state index contributed by atoms with van der Waals surface area (Å²) in [5.74, 6) is 0.451. The number of nitrogens with zero attached hydrogens (tertiary/aromatic N) is 4. The predicted molar refractivity (Wildman–Crippen MR) is 136 cm³/mol. The molecular weight excluding hydrogens is 443 g/mol. The molecule has 4 aromatic rings. The summed E-state index contributed by atoms with van der Waals surface area (Å²) >= 11 is 0. The number of likely N-dealkylation sites (N-methyl/N-ethyl adjacent to an activating group) is 1. The number of hydrogen-bond acceptors (Lipinski definition) is 5. The highest BCUT2D eigenvalue weighted by atomic mass is 19.1. The maximum absolute atomic E-state index is 15.6. The van der Waals surface area contributed by atoms with Crippen LogP contribution in [0, 0.1) is 5.82 Å². The van der Waals surface area contributed by atoms with Crippen molar-refractivity contribution in [3.63, 3.8) is 0 Å². The number of halogens is 1. The number of nitrogens with one attached hydrogen (secondary N) is 2. The zero-order chi connectivity index (χ0) is 24.1. The lowest BCUT2D eigenvalue weighted by Crippen LogP contribution is -2.58. The molecule has 0 radical (unpaired) electrons. The van der Waals surface area contributed by atoms with Crippen molar-refractivity contribution in [3.8, 4) is 28.4 Å². The van der Waals surface area contributed by atoms with Crippen molar-refractivity contribution in [1.82, 2.24) is 30.0 Å². The van der Waals surface area contributed by atoms with Crippen molar-refractivity contribution in [2.24, 2.45) is 0 Å². The summed E-state index contributed by atoms with van der Waals surface area (Å²) in [7, 11) is 2.16. The number of aryl methyl sites for hydroxylation is 1. The molecule has 4 heterocycles. The SMILES string of the molecule is CCc1cc(O)ccc1-c1ccc2c(-c3nc(C4=CCN(C5CN(C)C5)CC4)c[nH]3)n[nH]c2c1F. The topological polar surface area (TPSA) is 84.1 Å². The number of aromatic hydroxyl groups is 1. The minimum Gasteiger partial charge on any atom is -0.508 e. The van der Waals surface area contributed by atoms with Crippen LogP contribution in [0.25, 0.3) is 39.1 Å². The molecule has 7 nitrogen and oxygen atoms in total. The van der Waals surface area contributed by atoms with E-state index in [4.69, 9.17) is 4.98 Å². The molecule has 1 fully saturated rings. The van der Waals surface area contributed by atoms with E-state index in [0.717, 1.165) is 49.4 Å². The molecule has 2 aromatic heterocycles. The normalized spacial score (nSPS) is 17.6. The van der Waals surface area contributed by atoms with Gasteiger partial charge in [-0.3, -0.25) is 10.00 Å². The second kappa shape index (κ2) is 8.62. The fourth-order valence-electron chi connectivity index (χ4n) is 5.33. The van der Waals surface area contributed by atoms with E-state index in [9.17, 15) is 5.11 Å². The lowest BCUT2D eigenvalue weighted by Gasteiger charge is -2.44. The van der Waals surface area contributed by atoms with Crippen molar-refractivity contribution in [1.29, 1.82) is 0 Å². The van der Waals surface area contributed by atoms with Gasteiger partial charge in [-0.25, -0.2) is 9.37 Å². The fourth-order valence-corrected chi connectivity index (χ4v) is 5.33. The van der Waals surface area contributed by atoms with Gasteiger partial charge >= 0.3 is 0 Å². The highest BCUT2D eigenvalue weighted by Crippen LogP contribution is 2.35. The third-order valence-corrected chi connectivity index (χ3v) is 7.37. The van der Waals surface area contributed by atoms with E-state index < -0.39 is 0 Å². The number of phenolic OH excluding ortho intramolecular Hbond substituents is 1. The van der Waals surface area contributed by atoms with E-state index in [1.54, 1.807) is 24.3 Å². The van der Waals surface area contributed by atoms with Crippen LogP contribution in [0.4, 0.5) is 4.39 Å². The number of imidazole rings is 1. The largest absolute Gasteiger partial charge is 0.508 e. The summed E-state index contributed by atoms with van der Waals surface area (Å²) in [5.41, 5.74) is 5.27. The number of aromatic nitrogens is 4. The van der Waals surface area contributed by atoms with E-state index in [1.807, 2.05) is 19.2 Å². The summed E-state index contributed by atoms with van der Waals surface area (Å²) in [5, 5.41) is 17.8. The van der Waals surface area contributed by atoms with Gasteiger partial charge in [0.05, 0.1) is 5.69 Å². The van der Waals surface area contributed by atoms with E-state index >= 15 is 4.39 Å². The molecule has 180 valence electrons. The average Bonchev–Trinajstić information content (AvgIpc) is 3.50. The van der Waals surface area contributed by atoms with Crippen LogP contribution in [0.5, 0.6) is 5.75 Å². The number of hydrogen-bond donors (Lipinski definition) is 3. The van der Waals surface area contributed by atoms with Crippen LogP contribution in [-0.4, -0.2) is 74.3 Å². The molecule has 0 unspecified atom stereocenters. The summed E-state index contributed by atoms with van der Waals surface area (Å²) in [6, 6.07) is 9.36. The monoisotopic (exact) mass is 472 g/mol. The van der Waals surface area contributed by atoms with Crippen molar-refractivity contribution in [3.05, 3.63) is 59.7 Å². The van der Waals surface area contributed by atoms with Gasteiger partial charge in [-0.05, 0) is 54.8 Å². The Balaban J connectivity index is 1.28. The Hall–Kier alpha value is -3.49. The predicted octanol–water partition coefficient (Wildman–Crippen LogP) is 4.43. The summed E-state index contributed by atoms with van der Waals surface area (Å²) in [6.45, 7) is 6.28.